The first-order chi connectivity index (χ1) is 11.3. The lowest BCUT2D eigenvalue weighted by Gasteiger charge is -2.04. The van der Waals surface area contributed by atoms with E-state index in [0.29, 0.717) is 11.5 Å². The van der Waals surface area contributed by atoms with Crippen LogP contribution in [0.25, 0.3) is 22.8 Å². The Morgan fingerprint density at radius 3 is 2.62 bits per heavy atom. The van der Waals surface area contributed by atoms with E-state index in [1.54, 1.807) is 0 Å². The average molecular weight is 409 g/mol. The van der Waals surface area contributed by atoms with Crippen molar-refractivity contribution in [1.29, 1.82) is 0 Å². The molecule has 0 aliphatic rings. The lowest BCUT2D eigenvalue weighted by molar-refractivity contribution is 0.432. The maximum Gasteiger partial charge on any atom is 0.259 e. The molecule has 2 aromatic heterocycles. The van der Waals surface area contributed by atoms with Gasteiger partial charge in [0.15, 0.2) is 0 Å². The minimum Gasteiger partial charge on any atom is -0.334 e. The molecule has 7 nitrogen and oxygen atoms in total. The SMILES string of the molecule is Cc1cc(C)c(Br)c(-c2nc(-c3cncc(S(N)(=O)=O)c3)no2)c1. The first-order valence-electron chi connectivity index (χ1n) is 6.85. The first-order valence-corrected chi connectivity index (χ1v) is 9.18. The summed E-state index contributed by atoms with van der Waals surface area (Å²) in [5, 5.41) is 9.02. The van der Waals surface area contributed by atoms with E-state index < -0.39 is 10.0 Å². The third kappa shape index (κ3) is 3.23. The van der Waals surface area contributed by atoms with Crippen molar-refractivity contribution >= 4 is 26.0 Å². The van der Waals surface area contributed by atoms with Crippen molar-refractivity contribution in [3.05, 3.63) is 46.2 Å². The summed E-state index contributed by atoms with van der Waals surface area (Å²) in [6.07, 6.45) is 2.61. The second-order valence-electron chi connectivity index (χ2n) is 5.32. The quantitative estimate of drug-likeness (QED) is 0.712. The molecule has 1 aromatic carbocycles. The van der Waals surface area contributed by atoms with Crippen molar-refractivity contribution < 1.29 is 12.9 Å². The summed E-state index contributed by atoms with van der Waals surface area (Å²) in [5.74, 6) is 0.554. The molecule has 3 rings (SSSR count). The second kappa shape index (κ2) is 6.08. The van der Waals surface area contributed by atoms with E-state index in [1.807, 2.05) is 26.0 Å². The van der Waals surface area contributed by atoms with E-state index in [2.05, 4.69) is 31.1 Å². The molecule has 124 valence electrons. The number of pyridine rings is 1. The molecule has 0 aliphatic carbocycles. The molecular formula is C15H13BrN4O3S. The summed E-state index contributed by atoms with van der Waals surface area (Å²) in [4.78, 5) is 8.09. The lowest BCUT2D eigenvalue weighted by atomic mass is 10.1. The summed E-state index contributed by atoms with van der Waals surface area (Å²) in [7, 11) is -3.85. The summed E-state index contributed by atoms with van der Waals surface area (Å²) in [6.45, 7) is 3.94. The van der Waals surface area contributed by atoms with Crippen LogP contribution in [-0.2, 0) is 10.0 Å². The number of aryl methyl sites for hydroxylation is 2. The first kappa shape index (κ1) is 16.7. The van der Waals surface area contributed by atoms with Gasteiger partial charge >= 0.3 is 0 Å². The van der Waals surface area contributed by atoms with Gasteiger partial charge in [0.05, 0.1) is 5.56 Å². The molecular weight excluding hydrogens is 396 g/mol. The zero-order valence-electron chi connectivity index (χ0n) is 12.8. The van der Waals surface area contributed by atoms with Crippen molar-refractivity contribution in [3.8, 4) is 22.8 Å². The molecule has 0 unspecified atom stereocenters. The summed E-state index contributed by atoms with van der Waals surface area (Å²) >= 11 is 3.52. The van der Waals surface area contributed by atoms with Gasteiger partial charge in [0.1, 0.15) is 4.90 Å². The Balaban J connectivity index is 2.07. The molecule has 0 bridgehead atoms. The topological polar surface area (TPSA) is 112 Å². The Kier molecular flexibility index (Phi) is 4.24. The van der Waals surface area contributed by atoms with Crippen molar-refractivity contribution in [2.75, 3.05) is 0 Å². The van der Waals surface area contributed by atoms with Crippen molar-refractivity contribution in [1.82, 2.24) is 15.1 Å². The summed E-state index contributed by atoms with van der Waals surface area (Å²) in [5.41, 5.74) is 3.27. The van der Waals surface area contributed by atoms with Crippen molar-refractivity contribution in [2.45, 2.75) is 18.7 Å². The van der Waals surface area contributed by atoms with Crippen LogP contribution >= 0.6 is 15.9 Å². The number of benzene rings is 1. The number of hydrogen-bond acceptors (Lipinski definition) is 6. The molecule has 9 heteroatoms. The summed E-state index contributed by atoms with van der Waals surface area (Å²) in [6, 6.07) is 5.31. The fourth-order valence-corrected chi connectivity index (χ4v) is 3.15. The Hall–Kier alpha value is -2.10. The highest BCUT2D eigenvalue weighted by molar-refractivity contribution is 9.10. The summed E-state index contributed by atoms with van der Waals surface area (Å²) < 4.78 is 29.0. The van der Waals surface area contributed by atoms with Crippen LogP contribution in [0.1, 0.15) is 11.1 Å². The van der Waals surface area contributed by atoms with E-state index in [1.165, 1.54) is 18.5 Å². The van der Waals surface area contributed by atoms with Crippen LogP contribution in [0.4, 0.5) is 0 Å². The van der Waals surface area contributed by atoms with Crippen LogP contribution in [0.15, 0.2) is 44.5 Å². The van der Waals surface area contributed by atoms with E-state index >= 15 is 0 Å². The third-order valence-corrected chi connectivity index (χ3v) is 5.29. The number of halogens is 1. The van der Waals surface area contributed by atoms with Crippen molar-refractivity contribution in [3.63, 3.8) is 0 Å². The number of rotatable bonds is 3. The molecule has 0 amide bonds. The molecule has 2 N–H and O–H groups in total. The number of aromatic nitrogens is 3. The molecule has 0 atom stereocenters. The average Bonchev–Trinajstić information content (AvgIpc) is 3.00. The number of nitrogens with two attached hydrogens (primary N) is 1. The maximum atomic E-state index is 11.4. The number of nitrogens with zero attached hydrogens (tertiary/aromatic N) is 3. The van der Waals surface area contributed by atoms with Gasteiger partial charge < -0.3 is 4.52 Å². The van der Waals surface area contributed by atoms with Crippen molar-refractivity contribution in [2.24, 2.45) is 5.14 Å². The smallest absolute Gasteiger partial charge is 0.259 e. The predicted octanol–water partition coefficient (Wildman–Crippen LogP) is 2.83. The minimum absolute atomic E-state index is 0.112. The zero-order valence-corrected chi connectivity index (χ0v) is 15.2. The molecule has 0 saturated heterocycles. The van der Waals surface area contributed by atoms with E-state index in [4.69, 9.17) is 9.66 Å². The molecule has 0 saturated carbocycles. The molecule has 0 aliphatic heterocycles. The predicted molar refractivity (Wildman–Crippen MR) is 91.5 cm³/mol. The number of primary sulfonamides is 1. The van der Waals surface area contributed by atoms with Gasteiger partial charge in [0.25, 0.3) is 5.89 Å². The van der Waals surface area contributed by atoms with Gasteiger partial charge in [-0.25, -0.2) is 13.6 Å². The Labute approximate surface area is 147 Å². The fourth-order valence-electron chi connectivity index (χ4n) is 2.25. The highest BCUT2D eigenvalue weighted by atomic mass is 79.9. The van der Waals surface area contributed by atoms with Crippen LogP contribution in [-0.4, -0.2) is 23.5 Å². The van der Waals surface area contributed by atoms with Crippen LogP contribution in [0.3, 0.4) is 0 Å². The minimum atomic E-state index is -3.85. The maximum absolute atomic E-state index is 11.4. The van der Waals surface area contributed by atoms with Gasteiger partial charge in [-0.2, -0.15) is 4.98 Å². The molecule has 3 aromatic rings. The fraction of sp³-hybridized carbons (Fsp3) is 0.133. The standard InChI is InChI=1S/C15H13BrN4O3S/c1-8-3-9(2)13(16)12(4-8)15-19-14(20-23-15)10-5-11(7-18-6-10)24(17,21)22/h3-7H,1-2H3,(H2,17,21,22). The zero-order chi connectivity index (χ0) is 17.5. The van der Waals surface area contributed by atoms with Gasteiger partial charge in [0.2, 0.25) is 15.8 Å². The highest BCUT2D eigenvalue weighted by Gasteiger charge is 2.17. The molecule has 0 fully saturated rings. The number of hydrogen-bond donors (Lipinski definition) is 1. The highest BCUT2D eigenvalue weighted by Crippen LogP contribution is 2.32. The second-order valence-corrected chi connectivity index (χ2v) is 7.68. The van der Waals surface area contributed by atoms with Gasteiger partial charge in [-0.15, -0.1) is 0 Å². The Bertz CT molecular complexity index is 1030. The van der Waals surface area contributed by atoms with Crippen LogP contribution < -0.4 is 5.14 Å². The van der Waals surface area contributed by atoms with Gasteiger partial charge in [0, 0.05) is 22.4 Å². The molecule has 0 spiro atoms. The molecule has 0 radical (unpaired) electrons. The third-order valence-electron chi connectivity index (χ3n) is 3.36. The van der Waals surface area contributed by atoms with Crippen LogP contribution in [0.2, 0.25) is 0 Å². The Morgan fingerprint density at radius 1 is 1.17 bits per heavy atom. The van der Waals surface area contributed by atoms with Gasteiger partial charge in [-0.3, -0.25) is 4.98 Å². The largest absolute Gasteiger partial charge is 0.334 e. The Morgan fingerprint density at radius 2 is 1.92 bits per heavy atom. The van der Waals surface area contributed by atoms with Crippen LogP contribution in [0, 0.1) is 13.8 Å². The van der Waals surface area contributed by atoms with E-state index in [9.17, 15) is 8.42 Å². The van der Waals surface area contributed by atoms with Gasteiger partial charge in [-0.05, 0) is 53.0 Å². The molecule has 24 heavy (non-hydrogen) atoms. The van der Waals surface area contributed by atoms with Crippen LogP contribution in [0.5, 0.6) is 0 Å². The van der Waals surface area contributed by atoms with Gasteiger partial charge in [-0.1, -0.05) is 11.2 Å². The van der Waals surface area contributed by atoms with E-state index in [-0.39, 0.29) is 10.7 Å². The normalized spacial score (nSPS) is 11.7. The monoisotopic (exact) mass is 408 g/mol. The van der Waals surface area contributed by atoms with E-state index in [0.717, 1.165) is 21.2 Å². The molecule has 2 heterocycles. The lowest BCUT2D eigenvalue weighted by Crippen LogP contribution is -2.12. The number of sulfonamides is 1.